The highest BCUT2D eigenvalue weighted by Gasteiger charge is 2.55. The summed E-state index contributed by atoms with van der Waals surface area (Å²) in [5.41, 5.74) is 4.14. The normalized spacial score (nSPS) is 13.1. The molecule has 0 unspecified atom stereocenters. The molecule has 0 radical (unpaired) electrons. The highest BCUT2D eigenvalue weighted by molar-refractivity contribution is 7.89. The summed E-state index contributed by atoms with van der Waals surface area (Å²) in [5.74, 6) is -4.22. The Balaban J connectivity index is 1.88. The fourth-order valence-electron chi connectivity index (χ4n) is 3.86. The maximum Gasteiger partial charge on any atom is 0.492 e. The van der Waals surface area contributed by atoms with Crippen LogP contribution in [0, 0.1) is 5.82 Å². The number of hydrogen-bond donors (Lipinski definition) is 1. The van der Waals surface area contributed by atoms with Gasteiger partial charge in [-0.3, -0.25) is 0 Å². The van der Waals surface area contributed by atoms with Crippen molar-refractivity contribution in [1.82, 2.24) is 14.4 Å². The van der Waals surface area contributed by atoms with E-state index in [0.717, 1.165) is 48.5 Å². The van der Waals surface area contributed by atoms with Crippen molar-refractivity contribution >= 4 is 21.9 Å². The van der Waals surface area contributed by atoms with Crippen molar-refractivity contribution in [2.24, 2.45) is 0 Å². The highest BCUT2D eigenvalue weighted by atomic mass is 32.2. The first-order valence-electron chi connectivity index (χ1n) is 11.5. The maximum absolute atomic E-state index is 15.1. The molecule has 16 heteroatoms. The number of alkyl halides is 6. The lowest BCUT2D eigenvalue weighted by Crippen LogP contribution is -2.45. The average Bonchev–Trinajstić information content (AvgIpc) is 2.92. The zero-order valence-corrected chi connectivity index (χ0v) is 21.6. The van der Waals surface area contributed by atoms with E-state index >= 15 is 4.39 Å². The topological polar surface area (TPSA) is 115 Å². The van der Waals surface area contributed by atoms with Crippen LogP contribution in [0.2, 0.25) is 0 Å². The third-order valence-corrected chi connectivity index (χ3v) is 7.38. The van der Waals surface area contributed by atoms with Crippen molar-refractivity contribution in [2.75, 3.05) is 5.73 Å². The molecule has 0 saturated heterocycles. The number of sulfonamides is 1. The summed E-state index contributed by atoms with van der Waals surface area (Å²) >= 11 is 0. The van der Waals surface area contributed by atoms with Crippen LogP contribution in [0.4, 0.5) is 36.7 Å². The van der Waals surface area contributed by atoms with Gasteiger partial charge in [0.2, 0.25) is 5.95 Å². The third-order valence-electron chi connectivity index (χ3n) is 5.71. The molecule has 0 aliphatic rings. The number of nitrogens with zero attached hydrogens (tertiary/aromatic N) is 3. The molecule has 1 atom stereocenters. The molecule has 0 aliphatic carbocycles. The van der Waals surface area contributed by atoms with E-state index < -0.39 is 60.7 Å². The Bertz CT molecular complexity index is 1700. The minimum absolute atomic E-state index is 0.0407. The summed E-state index contributed by atoms with van der Waals surface area (Å²) in [6.07, 6.45) is -8.99. The van der Waals surface area contributed by atoms with Crippen molar-refractivity contribution in [3.8, 4) is 22.3 Å². The van der Waals surface area contributed by atoms with Crippen LogP contribution in [0.25, 0.3) is 22.3 Å². The van der Waals surface area contributed by atoms with Crippen LogP contribution in [-0.4, -0.2) is 41.2 Å². The van der Waals surface area contributed by atoms with E-state index in [9.17, 15) is 39.6 Å². The molecule has 0 amide bonds. The van der Waals surface area contributed by atoms with Crippen molar-refractivity contribution in [1.29, 1.82) is 0 Å². The molecule has 220 valence electrons. The molecular formula is C26H17F7N4O4S. The molecule has 0 spiro atoms. The van der Waals surface area contributed by atoms with Crippen LogP contribution >= 0.6 is 0 Å². The molecule has 42 heavy (non-hydrogen) atoms. The average molecular weight is 614 g/mol. The summed E-state index contributed by atoms with van der Waals surface area (Å²) in [7, 11) is -5.73. The van der Waals surface area contributed by atoms with Crippen LogP contribution in [0.1, 0.15) is 11.6 Å². The number of hydrogen-bond acceptors (Lipinski definition) is 7. The molecule has 0 fully saturated rings. The van der Waals surface area contributed by atoms with Crippen LogP contribution < -0.4 is 5.73 Å². The van der Waals surface area contributed by atoms with Gasteiger partial charge in [-0.15, -0.1) is 0 Å². The number of carbonyl (C=O) groups excluding carboxylic acids is 1. The van der Waals surface area contributed by atoms with E-state index in [0.29, 0.717) is 0 Å². The quantitative estimate of drug-likeness (QED) is 0.205. The van der Waals surface area contributed by atoms with Crippen molar-refractivity contribution in [3.05, 3.63) is 96.6 Å². The summed E-state index contributed by atoms with van der Waals surface area (Å²) in [4.78, 5) is 22.1. The molecule has 1 aromatic heterocycles. The Morgan fingerprint density at radius 1 is 0.833 bits per heavy atom. The SMILES string of the molecule is Nc1ncc(-c2ccc(-c3ccccc3S(=O)(=O)N(OC(=O)C(F)(F)F)[C@@H](c3ccccc3)C(F)(F)F)cc2F)cn1. The van der Waals surface area contributed by atoms with Gasteiger partial charge in [0.05, 0.1) is 4.90 Å². The second-order valence-corrected chi connectivity index (χ2v) is 10.3. The molecule has 1 heterocycles. The largest absolute Gasteiger partial charge is 0.492 e. The van der Waals surface area contributed by atoms with Gasteiger partial charge in [-0.2, -0.15) is 26.3 Å². The molecule has 0 aliphatic heterocycles. The smallest absolute Gasteiger partial charge is 0.368 e. The fraction of sp³-hybridized carbons (Fsp3) is 0.115. The number of carbonyl (C=O) groups is 1. The first-order chi connectivity index (χ1) is 19.6. The number of halogens is 7. The number of benzene rings is 3. The van der Waals surface area contributed by atoms with Gasteiger partial charge in [0.25, 0.3) is 10.0 Å². The first kappa shape index (κ1) is 30.4. The predicted molar refractivity (Wildman–Crippen MR) is 134 cm³/mol. The van der Waals surface area contributed by atoms with Crippen molar-refractivity contribution in [3.63, 3.8) is 0 Å². The van der Waals surface area contributed by atoms with Gasteiger partial charge in [0.1, 0.15) is 5.82 Å². The van der Waals surface area contributed by atoms with Crippen LogP contribution in [0.15, 0.2) is 90.1 Å². The van der Waals surface area contributed by atoms with Crippen molar-refractivity contribution in [2.45, 2.75) is 23.3 Å². The second kappa shape index (κ2) is 11.4. The van der Waals surface area contributed by atoms with Gasteiger partial charge in [-0.25, -0.2) is 27.6 Å². The second-order valence-electron chi connectivity index (χ2n) is 8.51. The van der Waals surface area contributed by atoms with Gasteiger partial charge in [0, 0.05) is 29.1 Å². The van der Waals surface area contributed by atoms with Gasteiger partial charge >= 0.3 is 18.3 Å². The molecule has 8 nitrogen and oxygen atoms in total. The molecule has 2 N–H and O–H groups in total. The third kappa shape index (κ3) is 6.33. The highest BCUT2D eigenvalue weighted by Crippen LogP contribution is 2.43. The van der Waals surface area contributed by atoms with E-state index in [4.69, 9.17) is 5.73 Å². The lowest BCUT2D eigenvalue weighted by Gasteiger charge is -2.31. The zero-order valence-electron chi connectivity index (χ0n) is 20.8. The minimum Gasteiger partial charge on any atom is -0.368 e. The van der Waals surface area contributed by atoms with Crippen LogP contribution in [-0.2, 0) is 19.7 Å². The summed E-state index contributed by atoms with van der Waals surface area (Å²) in [6.45, 7) is 0. The Labute approximate surface area is 233 Å². The lowest BCUT2D eigenvalue weighted by atomic mass is 10.0. The number of aromatic nitrogens is 2. The van der Waals surface area contributed by atoms with E-state index in [1.54, 1.807) is 0 Å². The number of anilines is 1. The molecule has 0 saturated carbocycles. The standard InChI is InChI=1S/C26H17F7N4O4S/c27-20-12-16(10-11-18(20)17-13-35-24(34)36-14-17)19-8-4-5-9-21(19)42(39,40)37(41-23(38)26(31,32)33)22(25(28,29)30)15-6-2-1-3-7-15/h1-14,22H,(H2,34,35,36)/t22-/m0/s1. The molecule has 3 aromatic carbocycles. The Kier molecular flexibility index (Phi) is 8.22. The minimum atomic E-state index is -5.86. The van der Waals surface area contributed by atoms with Gasteiger partial charge in [-0.05, 0) is 27.7 Å². The van der Waals surface area contributed by atoms with Gasteiger partial charge in [0.15, 0.2) is 6.04 Å². The fourth-order valence-corrected chi connectivity index (χ4v) is 5.45. The molecule has 0 bridgehead atoms. The zero-order chi connectivity index (χ0) is 30.9. The van der Waals surface area contributed by atoms with Crippen LogP contribution in [0.3, 0.4) is 0 Å². The monoisotopic (exact) mass is 614 g/mol. The van der Waals surface area contributed by atoms with E-state index in [2.05, 4.69) is 14.8 Å². The molecular weight excluding hydrogens is 597 g/mol. The van der Waals surface area contributed by atoms with Gasteiger partial charge < -0.3 is 10.6 Å². The van der Waals surface area contributed by atoms with Crippen molar-refractivity contribution < 1.29 is 48.8 Å². The predicted octanol–water partition coefficient (Wildman–Crippen LogP) is 5.85. The molecule has 4 aromatic rings. The molecule has 4 rings (SSSR count). The van der Waals surface area contributed by atoms with Crippen LogP contribution in [0.5, 0.6) is 0 Å². The van der Waals surface area contributed by atoms with Gasteiger partial charge in [-0.1, -0.05) is 60.7 Å². The number of hydroxylamine groups is 1. The maximum atomic E-state index is 15.1. The lowest BCUT2D eigenvalue weighted by molar-refractivity contribution is -0.258. The Morgan fingerprint density at radius 2 is 1.43 bits per heavy atom. The number of nitrogens with two attached hydrogens (primary N) is 1. The Hall–Kier alpha value is -4.57. The number of nitrogen functional groups attached to an aromatic ring is 1. The van der Waals surface area contributed by atoms with E-state index in [1.807, 2.05) is 0 Å². The summed E-state index contributed by atoms with van der Waals surface area (Å²) in [6, 6.07) is 9.11. The van der Waals surface area contributed by atoms with E-state index in [1.165, 1.54) is 36.7 Å². The first-order valence-corrected chi connectivity index (χ1v) is 13.0. The Morgan fingerprint density at radius 3 is 2.00 bits per heavy atom. The summed E-state index contributed by atoms with van der Waals surface area (Å²) < 4.78 is 124. The summed E-state index contributed by atoms with van der Waals surface area (Å²) in [5, 5.41) is 0. The van der Waals surface area contributed by atoms with E-state index in [-0.39, 0.29) is 22.6 Å². The number of rotatable bonds is 7.